The Kier molecular flexibility index (Phi) is 4.49. The first-order chi connectivity index (χ1) is 12.9. The van der Waals surface area contributed by atoms with Gasteiger partial charge in [-0.3, -0.25) is 0 Å². The van der Waals surface area contributed by atoms with E-state index in [1.165, 1.54) is 6.08 Å². The molecule has 7 nitrogen and oxygen atoms in total. The Bertz CT molecular complexity index is 745. The number of esters is 2. The summed E-state index contributed by atoms with van der Waals surface area (Å²) in [7, 11) is 0. The molecule has 0 amide bonds. The number of fused-ring (bicyclic) bond motifs is 4. The molecule has 0 radical (unpaired) electrons. The van der Waals surface area contributed by atoms with Gasteiger partial charge in [0.25, 0.3) is 0 Å². The van der Waals surface area contributed by atoms with Crippen molar-refractivity contribution in [2.75, 3.05) is 19.8 Å². The zero-order valence-electron chi connectivity index (χ0n) is 15.2. The number of hydrogen-bond donors (Lipinski definition) is 2. The molecule has 3 fully saturated rings. The SMILES string of the molecule is C=C1C(=O)O[C@@H]2[C@@H]3C(C)=CC[C@H]3[C@]3(CO3)C[C@@H](OC(=O)/C(=C/CO)CO)[C@@H]12. The number of epoxide rings is 1. The lowest BCUT2D eigenvalue weighted by atomic mass is 9.78. The van der Waals surface area contributed by atoms with E-state index in [1.807, 2.05) is 6.92 Å². The molecule has 0 unspecified atom stereocenters. The third kappa shape index (κ3) is 2.85. The van der Waals surface area contributed by atoms with Crippen molar-refractivity contribution in [3.63, 3.8) is 0 Å². The van der Waals surface area contributed by atoms with Gasteiger partial charge in [-0.25, -0.2) is 9.59 Å². The minimum Gasteiger partial charge on any atom is -0.458 e. The van der Waals surface area contributed by atoms with E-state index >= 15 is 0 Å². The second kappa shape index (κ2) is 6.58. The summed E-state index contributed by atoms with van der Waals surface area (Å²) >= 11 is 0. The Morgan fingerprint density at radius 2 is 2.19 bits per heavy atom. The molecule has 2 saturated heterocycles. The molecule has 1 spiro atoms. The molecule has 27 heavy (non-hydrogen) atoms. The van der Waals surface area contributed by atoms with Crippen molar-refractivity contribution >= 4 is 11.9 Å². The number of aliphatic hydroxyl groups is 2. The predicted octanol–water partition coefficient (Wildman–Crippen LogP) is 0.662. The lowest BCUT2D eigenvalue weighted by Gasteiger charge is -2.29. The summed E-state index contributed by atoms with van der Waals surface area (Å²) in [4.78, 5) is 24.7. The first-order valence-corrected chi connectivity index (χ1v) is 9.24. The van der Waals surface area contributed by atoms with Gasteiger partial charge < -0.3 is 24.4 Å². The lowest BCUT2D eigenvalue weighted by molar-refractivity contribution is -0.149. The molecule has 2 aliphatic heterocycles. The van der Waals surface area contributed by atoms with Crippen molar-refractivity contribution in [2.45, 2.75) is 37.6 Å². The number of aliphatic hydroxyl groups excluding tert-OH is 2. The monoisotopic (exact) mass is 376 g/mol. The third-order valence-corrected chi connectivity index (χ3v) is 6.44. The molecule has 4 aliphatic rings. The van der Waals surface area contributed by atoms with Crippen LogP contribution in [-0.4, -0.2) is 59.8 Å². The summed E-state index contributed by atoms with van der Waals surface area (Å²) in [6, 6.07) is 0. The number of carbonyl (C=O) groups is 2. The van der Waals surface area contributed by atoms with Gasteiger partial charge in [0.15, 0.2) is 0 Å². The Hall–Kier alpha value is -1.96. The van der Waals surface area contributed by atoms with Gasteiger partial charge in [-0.2, -0.15) is 0 Å². The maximum Gasteiger partial charge on any atom is 0.336 e. The van der Waals surface area contributed by atoms with Crippen LogP contribution in [0.25, 0.3) is 0 Å². The van der Waals surface area contributed by atoms with Crippen LogP contribution in [0.4, 0.5) is 0 Å². The van der Waals surface area contributed by atoms with Crippen molar-refractivity contribution in [3.05, 3.63) is 35.5 Å². The fraction of sp³-hybridized carbons (Fsp3) is 0.600. The minimum absolute atomic E-state index is 0.0174. The van der Waals surface area contributed by atoms with Gasteiger partial charge in [0.2, 0.25) is 0 Å². The van der Waals surface area contributed by atoms with Gasteiger partial charge in [-0.1, -0.05) is 18.2 Å². The van der Waals surface area contributed by atoms with Crippen molar-refractivity contribution in [2.24, 2.45) is 17.8 Å². The summed E-state index contributed by atoms with van der Waals surface area (Å²) in [6.07, 6.45) is 3.61. The van der Waals surface area contributed by atoms with Crippen molar-refractivity contribution in [3.8, 4) is 0 Å². The predicted molar refractivity (Wildman–Crippen MR) is 93.3 cm³/mol. The highest BCUT2D eigenvalue weighted by Gasteiger charge is 2.65. The summed E-state index contributed by atoms with van der Waals surface area (Å²) in [5, 5.41) is 18.4. The van der Waals surface area contributed by atoms with Crippen LogP contribution in [0, 0.1) is 17.8 Å². The van der Waals surface area contributed by atoms with Crippen molar-refractivity contribution in [1.82, 2.24) is 0 Å². The van der Waals surface area contributed by atoms with E-state index in [0.29, 0.717) is 18.6 Å². The molecule has 0 bridgehead atoms. The van der Waals surface area contributed by atoms with Crippen LogP contribution in [0.2, 0.25) is 0 Å². The molecule has 1 saturated carbocycles. The van der Waals surface area contributed by atoms with E-state index < -0.39 is 36.7 Å². The smallest absolute Gasteiger partial charge is 0.336 e. The summed E-state index contributed by atoms with van der Waals surface area (Å²) in [5.41, 5.74) is 1.07. The molecular weight excluding hydrogens is 352 g/mol. The zero-order chi connectivity index (χ0) is 19.3. The van der Waals surface area contributed by atoms with Crippen LogP contribution in [0.5, 0.6) is 0 Å². The molecule has 6 atom stereocenters. The Morgan fingerprint density at radius 1 is 1.44 bits per heavy atom. The standard InChI is InChI=1S/C20H24O7/c1-10-3-4-13-15(10)17-16(11(2)18(23)27-17)14(7-20(13)9-25-20)26-19(24)12(8-22)5-6-21/h3,5,13-17,21-22H,2,4,6-9H2,1H3/b12-5+/t13-,14-,15-,16-,17-,20-/m1/s1. The first kappa shape index (κ1) is 18.4. The van der Waals surface area contributed by atoms with Crippen molar-refractivity contribution < 1.29 is 34.0 Å². The quantitative estimate of drug-likeness (QED) is 0.321. The second-order valence-electron chi connectivity index (χ2n) is 7.81. The van der Waals surface area contributed by atoms with Crippen LogP contribution in [-0.2, 0) is 23.8 Å². The fourth-order valence-electron chi connectivity index (χ4n) is 4.98. The molecule has 7 heteroatoms. The highest BCUT2D eigenvalue weighted by molar-refractivity contribution is 5.92. The van der Waals surface area contributed by atoms with Gasteiger partial charge in [0, 0.05) is 23.8 Å². The number of hydrogen-bond acceptors (Lipinski definition) is 7. The average molecular weight is 376 g/mol. The number of ether oxygens (including phenoxy) is 3. The lowest BCUT2D eigenvalue weighted by Crippen LogP contribution is -2.36. The maximum absolute atomic E-state index is 12.5. The summed E-state index contributed by atoms with van der Waals surface area (Å²) < 4.78 is 17.2. The number of carbonyl (C=O) groups excluding carboxylic acids is 2. The molecule has 2 heterocycles. The molecule has 0 aromatic rings. The zero-order valence-corrected chi connectivity index (χ0v) is 15.2. The van der Waals surface area contributed by atoms with Gasteiger partial charge in [0.05, 0.1) is 36.9 Å². The van der Waals surface area contributed by atoms with E-state index in [0.717, 1.165) is 12.0 Å². The Labute approximate surface area is 157 Å². The average Bonchev–Trinajstić information content (AvgIpc) is 3.24. The van der Waals surface area contributed by atoms with Gasteiger partial charge >= 0.3 is 11.9 Å². The van der Waals surface area contributed by atoms with E-state index in [-0.39, 0.29) is 29.6 Å². The summed E-state index contributed by atoms with van der Waals surface area (Å²) in [6.45, 7) is 5.60. The van der Waals surface area contributed by atoms with Crippen LogP contribution < -0.4 is 0 Å². The van der Waals surface area contributed by atoms with Crippen LogP contribution in [0.3, 0.4) is 0 Å². The fourth-order valence-corrected chi connectivity index (χ4v) is 4.98. The van der Waals surface area contributed by atoms with Crippen LogP contribution in [0.15, 0.2) is 35.5 Å². The highest BCUT2D eigenvalue weighted by Crippen LogP contribution is 2.58. The van der Waals surface area contributed by atoms with E-state index in [1.54, 1.807) is 0 Å². The minimum atomic E-state index is -0.711. The highest BCUT2D eigenvalue weighted by atomic mass is 16.6. The summed E-state index contributed by atoms with van der Waals surface area (Å²) in [5.74, 6) is -1.41. The molecule has 2 N–H and O–H groups in total. The van der Waals surface area contributed by atoms with Gasteiger partial charge in [0.1, 0.15) is 12.2 Å². The maximum atomic E-state index is 12.5. The Morgan fingerprint density at radius 3 is 2.81 bits per heavy atom. The van der Waals surface area contributed by atoms with E-state index in [9.17, 15) is 14.7 Å². The Balaban J connectivity index is 1.68. The van der Waals surface area contributed by atoms with Crippen LogP contribution >= 0.6 is 0 Å². The second-order valence-corrected chi connectivity index (χ2v) is 7.81. The topological polar surface area (TPSA) is 106 Å². The van der Waals surface area contributed by atoms with Gasteiger partial charge in [-0.15, -0.1) is 0 Å². The normalized spacial score (nSPS) is 40.2. The molecule has 146 valence electrons. The van der Waals surface area contributed by atoms with E-state index in [2.05, 4.69) is 12.7 Å². The number of allylic oxidation sites excluding steroid dienone is 1. The number of rotatable bonds is 4. The van der Waals surface area contributed by atoms with Crippen molar-refractivity contribution in [1.29, 1.82) is 0 Å². The first-order valence-electron chi connectivity index (χ1n) is 9.24. The molecule has 4 rings (SSSR count). The van der Waals surface area contributed by atoms with Crippen LogP contribution in [0.1, 0.15) is 19.8 Å². The third-order valence-electron chi connectivity index (χ3n) is 6.44. The molecular formula is C20H24O7. The molecule has 0 aromatic carbocycles. The molecule has 0 aromatic heterocycles. The largest absolute Gasteiger partial charge is 0.458 e. The van der Waals surface area contributed by atoms with Gasteiger partial charge in [-0.05, 0) is 19.4 Å². The van der Waals surface area contributed by atoms with E-state index in [4.69, 9.17) is 19.3 Å². The molecule has 2 aliphatic carbocycles.